The second-order valence-corrected chi connectivity index (χ2v) is 6.48. The van der Waals surface area contributed by atoms with E-state index in [4.69, 9.17) is 13.7 Å². The van der Waals surface area contributed by atoms with Crippen molar-refractivity contribution in [1.82, 2.24) is 0 Å². The topological polar surface area (TPSA) is 61.8 Å². The molecular formula is C17H20O5S. The summed E-state index contributed by atoms with van der Waals surface area (Å²) in [5.74, 6) is 0.772. The van der Waals surface area contributed by atoms with Gasteiger partial charge in [0.05, 0.1) is 24.7 Å². The molecule has 23 heavy (non-hydrogen) atoms. The molecule has 2 rings (SSSR count). The zero-order chi connectivity index (χ0) is 16.5. The average molecular weight is 336 g/mol. The van der Waals surface area contributed by atoms with Crippen molar-refractivity contribution in [2.45, 2.75) is 11.8 Å². The Morgan fingerprint density at radius 3 is 2.17 bits per heavy atom. The van der Waals surface area contributed by atoms with Crippen LogP contribution in [0.2, 0.25) is 0 Å². The maximum atomic E-state index is 11.9. The van der Waals surface area contributed by atoms with Gasteiger partial charge in [-0.05, 0) is 31.2 Å². The molecule has 0 amide bonds. The van der Waals surface area contributed by atoms with Crippen LogP contribution in [0, 0.1) is 6.92 Å². The zero-order valence-corrected chi connectivity index (χ0v) is 13.8. The van der Waals surface area contributed by atoms with Crippen LogP contribution in [-0.4, -0.2) is 34.8 Å². The van der Waals surface area contributed by atoms with Gasteiger partial charge in [0.2, 0.25) is 0 Å². The van der Waals surface area contributed by atoms with Crippen molar-refractivity contribution < 1.29 is 22.1 Å². The van der Waals surface area contributed by atoms with Gasteiger partial charge in [-0.25, -0.2) is 0 Å². The van der Waals surface area contributed by atoms with Crippen LogP contribution < -0.4 is 4.74 Å². The normalized spacial score (nSPS) is 11.3. The molecule has 0 radical (unpaired) electrons. The van der Waals surface area contributed by atoms with Gasteiger partial charge in [0, 0.05) is 0 Å². The Bertz CT molecular complexity index is 681. The molecule has 0 saturated heterocycles. The molecule has 0 spiro atoms. The Balaban J connectivity index is 1.62. The van der Waals surface area contributed by atoms with Crippen molar-refractivity contribution in [3.63, 3.8) is 0 Å². The average Bonchev–Trinajstić information content (AvgIpc) is 2.55. The minimum Gasteiger partial charge on any atom is -0.491 e. The maximum absolute atomic E-state index is 11.9. The second-order valence-electron chi connectivity index (χ2n) is 4.86. The summed E-state index contributed by atoms with van der Waals surface area (Å²) in [5.41, 5.74) is 0.991. The summed E-state index contributed by atoms with van der Waals surface area (Å²) in [7, 11) is -3.72. The monoisotopic (exact) mass is 336 g/mol. The van der Waals surface area contributed by atoms with Crippen LogP contribution >= 0.6 is 0 Å². The quantitative estimate of drug-likeness (QED) is 0.520. The van der Waals surface area contributed by atoms with Gasteiger partial charge in [-0.3, -0.25) is 4.18 Å². The minimum absolute atomic E-state index is 0.0262. The first-order valence-electron chi connectivity index (χ1n) is 7.29. The van der Waals surface area contributed by atoms with Gasteiger partial charge in [0.15, 0.2) is 0 Å². The van der Waals surface area contributed by atoms with Gasteiger partial charge in [-0.2, -0.15) is 8.42 Å². The van der Waals surface area contributed by atoms with Crippen molar-refractivity contribution in [3.8, 4) is 5.75 Å². The van der Waals surface area contributed by atoms with Crippen molar-refractivity contribution in [1.29, 1.82) is 0 Å². The number of ether oxygens (including phenoxy) is 2. The Hall–Kier alpha value is -1.89. The maximum Gasteiger partial charge on any atom is 0.297 e. The summed E-state index contributed by atoms with van der Waals surface area (Å²) in [4.78, 5) is 0.149. The first-order valence-corrected chi connectivity index (χ1v) is 8.70. The molecule has 6 heteroatoms. The van der Waals surface area contributed by atoms with Crippen LogP contribution in [0.15, 0.2) is 59.5 Å². The summed E-state index contributed by atoms with van der Waals surface area (Å²) >= 11 is 0. The predicted molar refractivity (Wildman–Crippen MR) is 87.1 cm³/mol. The van der Waals surface area contributed by atoms with E-state index in [0.717, 1.165) is 11.3 Å². The van der Waals surface area contributed by atoms with E-state index in [2.05, 4.69) is 0 Å². The molecule has 0 aromatic heterocycles. The number of hydrogen-bond donors (Lipinski definition) is 0. The van der Waals surface area contributed by atoms with E-state index in [1.807, 2.05) is 37.3 Å². The molecule has 0 aliphatic heterocycles. The van der Waals surface area contributed by atoms with Crippen molar-refractivity contribution >= 4 is 10.1 Å². The van der Waals surface area contributed by atoms with E-state index >= 15 is 0 Å². The molecule has 0 fully saturated rings. The molecule has 0 atom stereocenters. The summed E-state index contributed by atoms with van der Waals surface area (Å²) in [6.45, 7) is 2.81. The fourth-order valence-corrected chi connectivity index (χ4v) is 2.71. The predicted octanol–water partition coefficient (Wildman–Crippen LogP) is 2.80. The van der Waals surface area contributed by atoms with Crippen LogP contribution in [-0.2, 0) is 19.0 Å². The third kappa shape index (κ3) is 6.02. The Labute approximate surface area is 136 Å². The Kier molecular flexibility index (Phi) is 6.58. The van der Waals surface area contributed by atoms with E-state index in [1.165, 1.54) is 12.1 Å². The summed E-state index contributed by atoms with van der Waals surface area (Å²) < 4.78 is 39.5. The number of rotatable bonds is 9. The highest BCUT2D eigenvalue weighted by Gasteiger charge is 2.14. The molecule has 0 N–H and O–H groups in total. The molecule has 5 nitrogen and oxygen atoms in total. The Morgan fingerprint density at radius 1 is 0.826 bits per heavy atom. The Morgan fingerprint density at radius 2 is 1.48 bits per heavy atom. The first kappa shape index (κ1) is 17.5. The van der Waals surface area contributed by atoms with Crippen LogP contribution in [0.3, 0.4) is 0 Å². The molecule has 0 aliphatic rings. The smallest absolute Gasteiger partial charge is 0.297 e. The van der Waals surface area contributed by atoms with Crippen LogP contribution in [0.5, 0.6) is 5.75 Å². The molecule has 0 unspecified atom stereocenters. The third-order valence-corrected chi connectivity index (χ3v) is 4.34. The van der Waals surface area contributed by atoms with Gasteiger partial charge >= 0.3 is 0 Å². The molecular weight excluding hydrogens is 316 g/mol. The lowest BCUT2D eigenvalue weighted by Crippen LogP contribution is -2.14. The number of aryl methyl sites for hydroxylation is 1. The number of benzene rings is 2. The van der Waals surface area contributed by atoms with Crippen molar-refractivity contribution in [2.24, 2.45) is 0 Å². The van der Waals surface area contributed by atoms with E-state index in [1.54, 1.807) is 12.1 Å². The van der Waals surface area contributed by atoms with Gasteiger partial charge in [-0.1, -0.05) is 35.9 Å². The summed E-state index contributed by atoms with van der Waals surface area (Å²) in [6.07, 6.45) is 0. The highest BCUT2D eigenvalue weighted by Crippen LogP contribution is 2.13. The molecule has 124 valence electrons. The van der Waals surface area contributed by atoms with Gasteiger partial charge in [-0.15, -0.1) is 0 Å². The standard InChI is InChI=1S/C17H20O5S/c1-15-7-9-17(10-8-15)23(18,19)22-14-12-20-11-13-21-16-5-3-2-4-6-16/h2-10H,11-14H2,1H3. The lowest BCUT2D eigenvalue weighted by molar-refractivity contribution is 0.0779. The van der Waals surface area contributed by atoms with Crippen molar-refractivity contribution in [3.05, 3.63) is 60.2 Å². The molecule has 0 saturated carbocycles. The fraction of sp³-hybridized carbons (Fsp3) is 0.294. The highest BCUT2D eigenvalue weighted by atomic mass is 32.2. The first-order chi connectivity index (χ1) is 11.1. The van der Waals surface area contributed by atoms with Crippen LogP contribution in [0.1, 0.15) is 5.56 Å². The largest absolute Gasteiger partial charge is 0.491 e. The summed E-state index contributed by atoms with van der Waals surface area (Å²) in [6, 6.07) is 15.9. The molecule has 2 aromatic rings. The van der Waals surface area contributed by atoms with Crippen molar-refractivity contribution in [2.75, 3.05) is 26.4 Å². The van der Waals surface area contributed by atoms with E-state index in [-0.39, 0.29) is 18.1 Å². The number of para-hydroxylation sites is 1. The van der Waals surface area contributed by atoms with Crippen LogP contribution in [0.25, 0.3) is 0 Å². The fourth-order valence-electron chi connectivity index (χ4n) is 1.81. The molecule has 2 aromatic carbocycles. The lowest BCUT2D eigenvalue weighted by atomic mass is 10.2. The number of hydrogen-bond acceptors (Lipinski definition) is 5. The SMILES string of the molecule is Cc1ccc(S(=O)(=O)OCCOCCOc2ccccc2)cc1. The van der Waals surface area contributed by atoms with E-state index in [9.17, 15) is 8.42 Å². The second kappa shape index (κ2) is 8.67. The van der Waals surface area contributed by atoms with Crippen LogP contribution in [0.4, 0.5) is 0 Å². The molecule has 0 bridgehead atoms. The molecule has 0 aliphatic carbocycles. The highest BCUT2D eigenvalue weighted by molar-refractivity contribution is 7.86. The van der Waals surface area contributed by atoms with E-state index < -0.39 is 10.1 Å². The lowest BCUT2D eigenvalue weighted by Gasteiger charge is -2.08. The molecule has 0 heterocycles. The zero-order valence-electron chi connectivity index (χ0n) is 13.0. The minimum atomic E-state index is -3.72. The third-order valence-electron chi connectivity index (χ3n) is 3.02. The van der Waals surface area contributed by atoms with E-state index in [0.29, 0.717) is 13.2 Å². The van der Waals surface area contributed by atoms with Gasteiger partial charge < -0.3 is 9.47 Å². The van der Waals surface area contributed by atoms with Gasteiger partial charge in [0.25, 0.3) is 10.1 Å². The van der Waals surface area contributed by atoms with Gasteiger partial charge in [0.1, 0.15) is 12.4 Å². The summed E-state index contributed by atoms with van der Waals surface area (Å²) in [5, 5.41) is 0.